The lowest BCUT2D eigenvalue weighted by Gasteiger charge is -2.25. The molecule has 0 aliphatic carbocycles. The lowest BCUT2D eigenvalue weighted by atomic mass is 9.89. The Hall–Kier alpha value is -2.90. The number of likely N-dealkylation sites (tertiary alicyclic amines) is 1. The third kappa shape index (κ3) is 2.91. The molecule has 136 valence electrons. The number of para-hydroxylation sites is 1. The van der Waals surface area contributed by atoms with Gasteiger partial charge in [0.1, 0.15) is 5.82 Å². The third-order valence-electron chi connectivity index (χ3n) is 5.15. The first-order valence-corrected chi connectivity index (χ1v) is 8.77. The fourth-order valence-electron chi connectivity index (χ4n) is 3.84. The maximum absolute atomic E-state index is 12.6. The summed E-state index contributed by atoms with van der Waals surface area (Å²) in [6, 6.07) is 9.35. The number of urea groups is 1. The lowest BCUT2D eigenvalue weighted by Crippen LogP contribution is -2.37. The Morgan fingerprint density at radius 3 is 2.54 bits per heavy atom. The van der Waals surface area contributed by atoms with Crippen LogP contribution < -0.4 is 5.32 Å². The van der Waals surface area contributed by atoms with Crippen LogP contribution in [0.1, 0.15) is 16.4 Å². The summed E-state index contributed by atoms with van der Waals surface area (Å²) in [5.74, 6) is 1.60. The fourth-order valence-corrected chi connectivity index (χ4v) is 3.84. The number of carbonyl (C=O) groups excluding carboxylic acids is 2. The van der Waals surface area contributed by atoms with Crippen LogP contribution in [0, 0.1) is 11.8 Å². The van der Waals surface area contributed by atoms with Crippen molar-refractivity contribution in [2.45, 2.75) is 13.0 Å². The molecule has 0 spiro atoms. The number of hydrogen-bond acceptors (Lipinski definition) is 4. The molecule has 1 aromatic carbocycles. The molecule has 1 fully saturated rings. The van der Waals surface area contributed by atoms with Gasteiger partial charge in [0.2, 0.25) is 5.82 Å². The first-order valence-electron chi connectivity index (χ1n) is 8.77. The Morgan fingerprint density at radius 2 is 1.81 bits per heavy atom. The molecule has 2 atom stereocenters. The molecule has 1 aromatic heterocycles. The Morgan fingerprint density at radius 1 is 1.08 bits per heavy atom. The minimum atomic E-state index is -0.257. The summed E-state index contributed by atoms with van der Waals surface area (Å²) in [5.41, 5.74) is 0.729. The Kier molecular flexibility index (Phi) is 4.10. The minimum Gasteiger partial charge on any atom is -0.331 e. The van der Waals surface area contributed by atoms with Gasteiger partial charge >= 0.3 is 6.03 Å². The van der Waals surface area contributed by atoms with Crippen LogP contribution in [-0.4, -0.2) is 63.7 Å². The van der Waals surface area contributed by atoms with E-state index in [-0.39, 0.29) is 11.9 Å². The molecule has 0 saturated carbocycles. The van der Waals surface area contributed by atoms with Crippen molar-refractivity contribution in [3.8, 4) is 0 Å². The van der Waals surface area contributed by atoms with Crippen LogP contribution in [0.25, 0.3) is 0 Å². The van der Waals surface area contributed by atoms with E-state index in [1.807, 2.05) is 39.8 Å². The smallest absolute Gasteiger partial charge is 0.319 e. The van der Waals surface area contributed by atoms with Crippen molar-refractivity contribution in [3.05, 3.63) is 42.0 Å². The van der Waals surface area contributed by atoms with Crippen molar-refractivity contribution in [2.24, 2.45) is 11.8 Å². The van der Waals surface area contributed by atoms with Crippen molar-refractivity contribution in [1.29, 1.82) is 0 Å². The number of nitrogens with one attached hydrogen (secondary N) is 1. The van der Waals surface area contributed by atoms with E-state index in [0.29, 0.717) is 30.7 Å². The molecule has 1 N–H and O–H groups in total. The van der Waals surface area contributed by atoms with Crippen LogP contribution in [0.2, 0.25) is 0 Å². The van der Waals surface area contributed by atoms with E-state index in [0.717, 1.165) is 24.5 Å². The van der Waals surface area contributed by atoms with Gasteiger partial charge in [0.15, 0.2) is 0 Å². The van der Waals surface area contributed by atoms with E-state index in [4.69, 9.17) is 0 Å². The fraction of sp³-hybridized carbons (Fsp3) is 0.444. The van der Waals surface area contributed by atoms with Gasteiger partial charge in [0.25, 0.3) is 5.91 Å². The Balaban J connectivity index is 1.50. The van der Waals surface area contributed by atoms with Crippen LogP contribution in [0.5, 0.6) is 0 Å². The highest BCUT2D eigenvalue weighted by Crippen LogP contribution is 2.33. The second-order valence-corrected chi connectivity index (χ2v) is 7.18. The van der Waals surface area contributed by atoms with Crippen molar-refractivity contribution in [3.63, 3.8) is 0 Å². The predicted octanol–water partition coefficient (Wildman–Crippen LogP) is 1.32. The molecular weight excluding hydrogens is 332 g/mol. The molecule has 0 bridgehead atoms. The molecular formula is C18H22N6O2. The van der Waals surface area contributed by atoms with E-state index in [1.54, 1.807) is 19.0 Å². The Labute approximate surface area is 151 Å². The number of hydrogen-bond donors (Lipinski definition) is 1. The number of benzene rings is 1. The van der Waals surface area contributed by atoms with Gasteiger partial charge in [0.05, 0.1) is 0 Å². The molecule has 2 aliphatic rings. The molecule has 4 rings (SSSR count). The van der Waals surface area contributed by atoms with E-state index in [9.17, 15) is 9.59 Å². The van der Waals surface area contributed by atoms with Crippen molar-refractivity contribution >= 4 is 17.6 Å². The molecule has 0 radical (unpaired) electrons. The average molecular weight is 354 g/mol. The monoisotopic (exact) mass is 354 g/mol. The number of fused-ring (bicyclic) bond motifs is 2. The topological polar surface area (TPSA) is 83.4 Å². The highest BCUT2D eigenvalue weighted by atomic mass is 16.2. The Bertz CT molecular complexity index is 831. The highest BCUT2D eigenvalue weighted by molar-refractivity contribution is 6.01. The zero-order valence-electron chi connectivity index (χ0n) is 14.9. The van der Waals surface area contributed by atoms with Gasteiger partial charge in [-0.1, -0.05) is 18.2 Å². The number of anilines is 1. The van der Waals surface area contributed by atoms with Crippen LogP contribution in [0.15, 0.2) is 30.3 Å². The summed E-state index contributed by atoms with van der Waals surface area (Å²) in [5, 5.41) is 11.2. The van der Waals surface area contributed by atoms with Gasteiger partial charge in [-0.15, -0.1) is 10.2 Å². The number of aromatic nitrogens is 3. The SMILES string of the molecule is CN(C)C(=O)N1C[C@H]2Cc3nnc(C(=O)Nc4ccccc4)n3C[C@H]2C1. The molecule has 2 aliphatic heterocycles. The van der Waals surface area contributed by atoms with Gasteiger partial charge in [-0.25, -0.2) is 4.79 Å². The second-order valence-electron chi connectivity index (χ2n) is 7.18. The molecule has 8 nitrogen and oxygen atoms in total. The summed E-state index contributed by atoms with van der Waals surface area (Å²) in [6.07, 6.45) is 0.744. The second kappa shape index (κ2) is 6.44. The summed E-state index contributed by atoms with van der Waals surface area (Å²) in [6.45, 7) is 2.11. The molecule has 8 heteroatoms. The van der Waals surface area contributed by atoms with Crippen molar-refractivity contribution in [1.82, 2.24) is 24.6 Å². The zero-order chi connectivity index (χ0) is 18.3. The first kappa shape index (κ1) is 16.6. The molecule has 2 aromatic rings. The molecule has 3 amide bonds. The molecule has 1 saturated heterocycles. The first-order chi connectivity index (χ1) is 12.5. The standard InChI is InChI=1S/C18H22N6O2/c1-22(2)18(26)23-9-12-8-15-20-21-16(24(15)11-13(12)10-23)17(25)19-14-6-4-3-5-7-14/h3-7,12-13H,8-11H2,1-2H3,(H,19,25)/t12-,13-/m1/s1. The minimum absolute atomic E-state index is 0.0391. The van der Waals surface area contributed by atoms with Crippen LogP contribution in [0.3, 0.4) is 0 Å². The van der Waals surface area contributed by atoms with Crippen LogP contribution in [-0.2, 0) is 13.0 Å². The quantitative estimate of drug-likeness (QED) is 0.882. The molecule has 26 heavy (non-hydrogen) atoms. The number of carbonyl (C=O) groups is 2. The molecule has 0 unspecified atom stereocenters. The summed E-state index contributed by atoms with van der Waals surface area (Å²) in [7, 11) is 3.54. The highest BCUT2D eigenvalue weighted by Gasteiger charge is 2.41. The van der Waals surface area contributed by atoms with Crippen LogP contribution in [0.4, 0.5) is 10.5 Å². The lowest BCUT2D eigenvalue weighted by molar-refractivity contribution is 0.100. The van der Waals surface area contributed by atoms with E-state index in [2.05, 4.69) is 15.5 Å². The van der Waals surface area contributed by atoms with Crippen molar-refractivity contribution in [2.75, 3.05) is 32.5 Å². The number of nitrogens with zero attached hydrogens (tertiary/aromatic N) is 5. The van der Waals surface area contributed by atoms with E-state index < -0.39 is 0 Å². The third-order valence-corrected chi connectivity index (χ3v) is 5.15. The maximum atomic E-state index is 12.6. The van der Waals surface area contributed by atoms with Gasteiger partial charge < -0.3 is 19.7 Å². The molecule has 3 heterocycles. The number of rotatable bonds is 2. The van der Waals surface area contributed by atoms with E-state index >= 15 is 0 Å². The van der Waals surface area contributed by atoms with Gasteiger partial charge in [-0.05, 0) is 24.0 Å². The normalized spacial score (nSPS) is 21.1. The van der Waals surface area contributed by atoms with E-state index in [1.165, 1.54) is 0 Å². The largest absolute Gasteiger partial charge is 0.331 e. The predicted molar refractivity (Wildman–Crippen MR) is 95.8 cm³/mol. The number of amides is 3. The summed E-state index contributed by atoms with van der Waals surface area (Å²) >= 11 is 0. The van der Waals surface area contributed by atoms with Gasteiger partial charge in [-0.2, -0.15) is 0 Å². The average Bonchev–Trinajstić information content (AvgIpc) is 3.22. The maximum Gasteiger partial charge on any atom is 0.319 e. The zero-order valence-corrected chi connectivity index (χ0v) is 14.9. The summed E-state index contributed by atoms with van der Waals surface area (Å²) < 4.78 is 1.91. The summed E-state index contributed by atoms with van der Waals surface area (Å²) in [4.78, 5) is 28.3. The van der Waals surface area contributed by atoms with Gasteiger partial charge in [-0.3, -0.25) is 4.79 Å². The van der Waals surface area contributed by atoms with Crippen molar-refractivity contribution < 1.29 is 9.59 Å². The van der Waals surface area contributed by atoms with Crippen LogP contribution >= 0.6 is 0 Å². The van der Waals surface area contributed by atoms with Gasteiger partial charge in [0, 0.05) is 45.8 Å².